The first-order valence-electron chi connectivity index (χ1n) is 7.50. The Morgan fingerprint density at radius 2 is 1.86 bits per heavy atom. The number of rotatable bonds is 4. The van der Waals surface area contributed by atoms with E-state index in [1.807, 2.05) is 18.2 Å². The second-order valence-corrected chi connectivity index (χ2v) is 6.57. The molecule has 1 aliphatic rings. The molecular formula is C18H19BrFNO. The van der Waals surface area contributed by atoms with Gasteiger partial charge in [0, 0.05) is 19.6 Å². The molecule has 0 aromatic heterocycles. The lowest BCUT2D eigenvalue weighted by molar-refractivity contribution is -0.0310. The zero-order chi connectivity index (χ0) is 15.4. The quantitative estimate of drug-likeness (QED) is 0.756. The standard InChI is InChI=1S/C18H19BrFNO/c19-18(15-6-8-16(20)9-7-15)17-13-21(10-11-22-17)12-14-4-2-1-3-5-14/h1-9,17-18H,10-13H2/t17-,18+/m0/s1. The van der Waals surface area contributed by atoms with E-state index in [-0.39, 0.29) is 16.7 Å². The van der Waals surface area contributed by atoms with Crippen LogP contribution in [0.4, 0.5) is 4.39 Å². The first-order chi connectivity index (χ1) is 10.7. The van der Waals surface area contributed by atoms with Crippen LogP contribution in [-0.4, -0.2) is 30.7 Å². The largest absolute Gasteiger partial charge is 0.374 e. The molecule has 0 N–H and O–H groups in total. The molecule has 116 valence electrons. The maximum atomic E-state index is 13.0. The van der Waals surface area contributed by atoms with E-state index in [2.05, 4.69) is 45.1 Å². The lowest BCUT2D eigenvalue weighted by Gasteiger charge is -2.35. The Bertz CT molecular complexity index is 590. The van der Waals surface area contributed by atoms with Crippen molar-refractivity contribution in [3.8, 4) is 0 Å². The van der Waals surface area contributed by atoms with Gasteiger partial charge in [-0.2, -0.15) is 0 Å². The molecule has 0 unspecified atom stereocenters. The van der Waals surface area contributed by atoms with Crippen molar-refractivity contribution >= 4 is 15.9 Å². The fourth-order valence-electron chi connectivity index (χ4n) is 2.76. The number of halogens is 2. The highest BCUT2D eigenvalue weighted by atomic mass is 79.9. The molecule has 1 aliphatic heterocycles. The third-order valence-corrected chi connectivity index (χ3v) is 5.06. The molecule has 2 aromatic rings. The van der Waals surface area contributed by atoms with Gasteiger partial charge >= 0.3 is 0 Å². The molecule has 2 nitrogen and oxygen atoms in total. The van der Waals surface area contributed by atoms with Crippen molar-refractivity contribution in [3.05, 3.63) is 71.5 Å². The number of ether oxygens (including phenoxy) is 1. The lowest BCUT2D eigenvalue weighted by atomic mass is 10.1. The average Bonchev–Trinajstić information content (AvgIpc) is 2.56. The summed E-state index contributed by atoms with van der Waals surface area (Å²) in [5, 5.41) is 0. The zero-order valence-electron chi connectivity index (χ0n) is 12.3. The molecule has 0 bridgehead atoms. The van der Waals surface area contributed by atoms with E-state index >= 15 is 0 Å². The summed E-state index contributed by atoms with van der Waals surface area (Å²) in [5.74, 6) is -0.210. The normalized spacial score (nSPS) is 20.7. The van der Waals surface area contributed by atoms with Crippen LogP contribution >= 0.6 is 15.9 Å². The highest BCUT2D eigenvalue weighted by Gasteiger charge is 2.27. The van der Waals surface area contributed by atoms with E-state index in [4.69, 9.17) is 4.74 Å². The zero-order valence-corrected chi connectivity index (χ0v) is 13.9. The predicted octanol–water partition coefficient (Wildman–Crippen LogP) is 4.16. The van der Waals surface area contributed by atoms with E-state index < -0.39 is 0 Å². The number of hydrogen-bond acceptors (Lipinski definition) is 2. The Morgan fingerprint density at radius 1 is 1.14 bits per heavy atom. The van der Waals surface area contributed by atoms with Crippen LogP contribution in [0.1, 0.15) is 16.0 Å². The van der Waals surface area contributed by atoms with Gasteiger partial charge in [0.1, 0.15) is 5.82 Å². The minimum atomic E-state index is -0.210. The number of nitrogens with zero attached hydrogens (tertiary/aromatic N) is 1. The molecule has 1 saturated heterocycles. The summed E-state index contributed by atoms with van der Waals surface area (Å²) in [6.07, 6.45) is 0.0722. The molecule has 22 heavy (non-hydrogen) atoms. The van der Waals surface area contributed by atoms with Crippen LogP contribution in [0.3, 0.4) is 0 Å². The van der Waals surface area contributed by atoms with Gasteiger partial charge in [0.05, 0.1) is 17.5 Å². The summed E-state index contributed by atoms with van der Waals surface area (Å²) < 4.78 is 19.0. The molecule has 0 radical (unpaired) electrons. The molecule has 2 atom stereocenters. The lowest BCUT2D eigenvalue weighted by Crippen LogP contribution is -2.43. The molecule has 0 amide bonds. The Hall–Kier alpha value is -1.23. The van der Waals surface area contributed by atoms with Gasteiger partial charge < -0.3 is 4.74 Å². The fraction of sp³-hybridized carbons (Fsp3) is 0.333. The van der Waals surface area contributed by atoms with Crippen molar-refractivity contribution in [2.75, 3.05) is 19.7 Å². The van der Waals surface area contributed by atoms with Gasteiger partial charge in [-0.05, 0) is 23.3 Å². The maximum absolute atomic E-state index is 13.0. The van der Waals surface area contributed by atoms with Gasteiger partial charge in [0.15, 0.2) is 0 Å². The van der Waals surface area contributed by atoms with Crippen LogP contribution in [0.2, 0.25) is 0 Å². The summed E-state index contributed by atoms with van der Waals surface area (Å²) >= 11 is 3.71. The Kier molecular flexibility index (Phi) is 5.24. The number of benzene rings is 2. The van der Waals surface area contributed by atoms with Crippen LogP contribution in [0, 0.1) is 5.82 Å². The predicted molar refractivity (Wildman–Crippen MR) is 89.5 cm³/mol. The molecule has 3 rings (SSSR count). The SMILES string of the molecule is Fc1ccc([C@@H](Br)[C@@H]2CN(Cc3ccccc3)CCO2)cc1. The number of hydrogen-bond donors (Lipinski definition) is 0. The maximum Gasteiger partial charge on any atom is 0.123 e. The molecular weight excluding hydrogens is 345 g/mol. The average molecular weight is 364 g/mol. The van der Waals surface area contributed by atoms with Crippen molar-refractivity contribution < 1.29 is 9.13 Å². The van der Waals surface area contributed by atoms with Crippen molar-refractivity contribution in [1.29, 1.82) is 0 Å². The topological polar surface area (TPSA) is 12.5 Å². The molecule has 1 fully saturated rings. The third kappa shape index (κ3) is 3.94. The third-order valence-electron chi connectivity index (χ3n) is 3.94. The summed E-state index contributed by atoms with van der Waals surface area (Å²) in [4.78, 5) is 2.48. The van der Waals surface area contributed by atoms with Crippen molar-refractivity contribution in [2.24, 2.45) is 0 Å². The smallest absolute Gasteiger partial charge is 0.123 e. The van der Waals surface area contributed by atoms with Crippen LogP contribution in [0.25, 0.3) is 0 Å². The first kappa shape index (κ1) is 15.7. The second kappa shape index (κ2) is 7.36. The molecule has 1 heterocycles. The van der Waals surface area contributed by atoms with E-state index in [9.17, 15) is 4.39 Å². The second-order valence-electron chi connectivity index (χ2n) is 5.58. The first-order valence-corrected chi connectivity index (χ1v) is 8.41. The van der Waals surface area contributed by atoms with Crippen molar-refractivity contribution in [2.45, 2.75) is 17.5 Å². The molecule has 4 heteroatoms. The van der Waals surface area contributed by atoms with Crippen LogP contribution in [0.5, 0.6) is 0 Å². The van der Waals surface area contributed by atoms with Gasteiger partial charge in [-0.25, -0.2) is 4.39 Å². The van der Waals surface area contributed by atoms with E-state index in [1.165, 1.54) is 17.7 Å². The van der Waals surface area contributed by atoms with Crippen LogP contribution < -0.4 is 0 Å². The van der Waals surface area contributed by atoms with Gasteiger partial charge in [0.2, 0.25) is 0 Å². The fourth-order valence-corrected chi connectivity index (χ4v) is 3.38. The van der Waals surface area contributed by atoms with Crippen LogP contribution in [-0.2, 0) is 11.3 Å². The number of alkyl halides is 1. The minimum absolute atomic E-state index is 0.0722. The Labute approximate surface area is 139 Å². The molecule has 0 spiro atoms. The molecule has 0 aliphatic carbocycles. The summed E-state index contributed by atoms with van der Waals surface area (Å²) in [7, 11) is 0. The van der Waals surface area contributed by atoms with E-state index in [0.717, 1.165) is 31.8 Å². The van der Waals surface area contributed by atoms with Gasteiger partial charge in [-0.3, -0.25) is 4.90 Å². The Balaban J connectivity index is 1.63. The van der Waals surface area contributed by atoms with Crippen molar-refractivity contribution in [3.63, 3.8) is 0 Å². The summed E-state index contributed by atoms with van der Waals surface area (Å²) in [6, 6.07) is 17.1. The van der Waals surface area contributed by atoms with Gasteiger partial charge in [-0.1, -0.05) is 58.4 Å². The van der Waals surface area contributed by atoms with Crippen molar-refractivity contribution in [1.82, 2.24) is 4.90 Å². The molecule has 2 aromatic carbocycles. The summed E-state index contributed by atoms with van der Waals surface area (Å²) in [6.45, 7) is 3.46. The highest BCUT2D eigenvalue weighted by molar-refractivity contribution is 9.09. The summed E-state index contributed by atoms with van der Waals surface area (Å²) in [5.41, 5.74) is 2.36. The Morgan fingerprint density at radius 3 is 2.59 bits per heavy atom. The van der Waals surface area contributed by atoms with E-state index in [0.29, 0.717) is 0 Å². The van der Waals surface area contributed by atoms with Gasteiger partial charge in [-0.15, -0.1) is 0 Å². The monoisotopic (exact) mass is 363 g/mol. The number of morpholine rings is 1. The van der Waals surface area contributed by atoms with Crippen LogP contribution in [0.15, 0.2) is 54.6 Å². The van der Waals surface area contributed by atoms with E-state index in [1.54, 1.807) is 0 Å². The highest BCUT2D eigenvalue weighted by Crippen LogP contribution is 2.30. The van der Waals surface area contributed by atoms with Gasteiger partial charge in [0.25, 0.3) is 0 Å². The molecule has 0 saturated carbocycles. The minimum Gasteiger partial charge on any atom is -0.374 e.